The van der Waals surface area contributed by atoms with E-state index in [9.17, 15) is 14.4 Å². The Morgan fingerprint density at radius 2 is 1.59 bits per heavy atom. The molecule has 1 N–H and O–H groups in total. The normalized spacial score (nSPS) is 11.6. The van der Waals surface area contributed by atoms with Gasteiger partial charge in [-0.3, -0.25) is 18.7 Å². The summed E-state index contributed by atoms with van der Waals surface area (Å²) in [7, 11) is 0. The summed E-state index contributed by atoms with van der Waals surface area (Å²) in [6, 6.07) is 24.8. The van der Waals surface area contributed by atoms with Crippen molar-refractivity contribution in [1.82, 2.24) is 9.13 Å². The van der Waals surface area contributed by atoms with Gasteiger partial charge in [-0.1, -0.05) is 60.7 Å². The Bertz CT molecular complexity index is 1430. The van der Waals surface area contributed by atoms with Crippen LogP contribution in [0.1, 0.15) is 16.7 Å². The van der Waals surface area contributed by atoms with Gasteiger partial charge in [-0.25, -0.2) is 4.79 Å². The van der Waals surface area contributed by atoms with Crippen molar-refractivity contribution in [2.75, 3.05) is 5.32 Å². The maximum Gasteiger partial charge on any atom is 0.331 e. The average Bonchev–Trinajstić information content (AvgIpc) is 3.17. The summed E-state index contributed by atoms with van der Waals surface area (Å²) in [6.45, 7) is -0.0163. The van der Waals surface area contributed by atoms with Crippen molar-refractivity contribution >= 4 is 11.6 Å². The topological polar surface area (TPSA) is 73.1 Å². The fraction of sp³-hybridized carbons (Fsp3) is 0.115. The van der Waals surface area contributed by atoms with Crippen LogP contribution in [0.25, 0.3) is 11.1 Å². The van der Waals surface area contributed by atoms with Gasteiger partial charge in [-0.2, -0.15) is 0 Å². The standard InChI is InChI=1S/C26H21N3O3/c30-24(27-21-10-11-23-20(15-21)14-19-8-4-5-9-22(19)23)17-29-25(31)12-13-28(26(29)32)16-18-6-2-1-3-7-18/h1-13,15H,14,16-17H2,(H,27,30). The molecule has 0 fully saturated rings. The van der Waals surface area contributed by atoms with Gasteiger partial charge >= 0.3 is 5.69 Å². The molecule has 6 heteroatoms. The fourth-order valence-corrected chi connectivity index (χ4v) is 4.17. The zero-order chi connectivity index (χ0) is 22.1. The third-order valence-electron chi connectivity index (χ3n) is 5.71. The highest BCUT2D eigenvalue weighted by molar-refractivity contribution is 5.91. The summed E-state index contributed by atoms with van der Waals surface area (Å²) in [4.78, 5) is 37.7. The summed E-state index contributed by atoms with van der Waals surface area (Å²) in [6.07, 6.45) is 2.28. The molecule has 1 aliphatic rings. The summed E-state index contributed by atoms with van der Waals surface area (Å²) >= 11 is 0. The van der Waals surface area contributed by atoms with Crippen LogP contribution in [0.4, 0.5) is 5.69 Å². The van der Waals surface area contributed by atoms with Crippen molar-refractivity contribution in [2.24, 2.45) is 0 Å². The van der Waals surface area contributed by atoms with E-state index >= 15 is 0 Å². The molecule has 1 amide bonds. The second-order valence-electron chi connectivity index (χ2n) is 7.89. The zero-order valence-electron chi connectivity index (χ0n) is 17.3. The molecule has 1 heterocycles. The average molecular weight is 423 g/mol. The van der Waals surface area contributed by atoms with E-state index < -0.39 is 17.2 Å². The molecular weight excluding hydrogens is 402 g/mol. The van der Waals surface area contributed by atoms with E-state index in [-0.39, 0.29) is 6.54 Å². The molecule has 3 aromatic carbocycles. The van der Waals surface area contributed by atoms with E-state index in [0.717, 1.165) is 22.1 Å². The molecule has 0 spiro atoms. The van der Waals surface area contributed by atoms with Gasteiger partial charge in [0.05, 0.1) is 6.54 Å². The first-order valence-electron chi connectivity index (χ1n) is 10.4. The Balaban J connectivity index is 1.34. The van der Waals surface area contributed by atoms with Crippen LogP contribution in [0.15, 0.2) is 94.6 Å². The molecule has 4 aromatic rings. The number of hydrogen-bond donors (Lipinski definition) is 1. The second kappa shape index (κ2) is 8.15. The Morgan fingerprint density at radius 3 is 2.44 bits per heavy atom. The maximum absolute atomic E-state index is 12.8. The largest absolute Gasteiger partial charge is 0.331 e. The van der Waals surface area contributed by atoms with E-state index in [1.165, 1.54) is 33.5 Å². The highest BCUT2D eigenvalue weighted by Crippen LogP contribution is 2.37. The number of nitrogens with one attached hydrogen (secondary N) is 1. The van der Waals surface area contributed by atoms with Gasteiger partial charge in [0.25, 0.3) is 5.56 Å². The minimum atomic E-state index is -0.513. The lowest BCUT2D eigenvalue weighted by atomic mass is 10.1. The van der Waals surface area contributed by atoms with Gasteiger partial charge in [0.2, 0.25) is 5.91 Å². The molecule has 158 valence electrons. The first-order valence-corrected chi connectivity index (χ1v) is 10.4. The number of fused-ring (bicyclic) bond motifs is 3. The lowest BCUT2D eigenvalue weighted by Crippen LogP contribution is -2.41. The number of benzene rings is 3. The van der Waals surface area contributed by atoms with Gasteiger partial charge in [-0.05, 0) is 46.4 Å². The molecule has 5 rings (SSSR count). The molecule has 0 saturated carbocycles. The second-order valence-corrected chi connectivity index (χ2v) is 7.89. The molecule has 0 radical (unpaired) electrons. The predicted octanol–water partition coefficient (Wildman–Crippen LogP) is 3.27. The van der Waals surface area contributed by atoms with Crippen LogP contribution in [0.3, 0.4) is 0 Å². The number of carbonyl (C=O) groups excluding carboxylic acids is 1. The fourth-order valence-electron chi connectivity index (χ4n) is 4.17. The highest BCUT2D eigenvalue weighted by Gasteiger charge is 2.18. The van der Waals surface area contributed by atoms with Gasteiger partial charge in [0, 0.05) is 18.0 Å². The van der Waals surface area contributed by atoms with Crippen LogP contribution in [0, 0.1) is 0 Å². The quantitative estimate of drug-likeness (QED) is 0.472. The molecule has 0 atom stereocenters. The van der Waals surface area contributed by atoms with Crippen molar-refractivity contribution in [3.05, 3.63) is 123 Å². The monoisotopic (exact) mass is 423 g/mol. The lowest BCUT2D eigenvalue weighted by molar-refractivity contribution is -0.116. The first-order chi connectivity index (χ1) is 15.6. The number of carbonyl (C=O) groups is 1. The van der Waals surface area contributed by atoms with E-state index in [2.05, 4.69) is 17.4 Å². The van der Waals surface area contributed by atoms with Crippen molar-refractivity contribution < 1.29 is 4.79 Å². The maximum atomic E-state index is 12.8. The lowest BCUT2D eigenvalue weighted by Gasteiger charge is -2.11. The molecule has 0 aliphatic heterocycles. The van der Waals surface area contributed by atoms with E-state index in [4.69, 9.17) is 0 Å². The molecular formula is C26H21N3O3. The van der Waals surface area contributed by atoms with Crippen molar-refractivity contribution in [1.29, 1.82) is 0 Å². The molecule has 32 heavy (non-hydrogen) atoms. The first kappa shape index (κ1) is 19.8. The molecule has 1 aliphatic carbocycles. The Morgan fingerprint density at radius 1 is 0.844 bits per heavy atom. The van der Waals surface area contributed by atoms with Crippen LogP contribution < -0.4 is 16.6 Å². The van der Waals surface area contributed by atoms with Gasteiger partial charge in [0.15, 0.2) is 0 Å². The van der Waals surface area contributed by atoms with Crippen molar-refractivity contribution in [3.8, 4) is 11.1 Å². The number of anilines is 1. The summed E-state index contributed by atoms with van der Waals surface area (Å²) in [5.41, 5.74) is 5.36. The Labute approximate surface area is 184 Å². The minimum absolute atomic E-state index is 0.326. The van der Waals surface area contributed by atoms with Crippen LogP contribution in [-0.4, -0.2) is 15.0 Å². The molecule has 6 nitrogen and oxygen atoms in total. The predicted molar refractivity (Wildman–Crippen MR) is 124 cm³/mol. The smallest absolute Gasteiger partial charge is 0.325 e. The molecule has 0 unspecified atom stereocenters. The minimum Gasteiger partial charge on any atom is -0.325 e. The summed E-state index contributed by atoms with van der Waals surface area (Å²) in [5.74, 6) is -0.419. The number of rotatable bonds is 5. The van der Waals surface area contributed by atoms with Gasteiger partial charge in [-0.15, -0.1) is 0 Å². The zero-order valence-corrected chi connectivity index (χ0v) is 17.3. The third kappa shape index (κ3) is 3.78. The van der Waals surface area contributed by atoms with Gasteiger partial charge in [0.1, 0.15) is 6.54 Å². The Kier molecular flexibility index (Phi) is 5.03. The molecule has 0 saturated heterocycles. The number of hydrogen-bond acceptors (Lipinski definition) is 3. The number of amides is 1. The van der Waals surface area contributed by atoms with E-state index in [1.54, 1.807) is 0 Å². The van der Waals surface area contributed by atoms with Crippen LogP contribution >= 0.6 is 0 Å². The highest BCUT2D eigenvalue weighted by atomic mass is 16.2. The van der Waals surface area contributed by atoms with E-state index in [1.807, 2.05) is 60.7 Å². The van der Waals surface area contributed by atoms with Crippen LogP contribution in [-0.2, 0) is 24.3 Å². The number of aromatic nitrogens is 2. The van der Waals surface area contributed by atoms with Crippen molar-refractivity contribution in [3.63, 3.8) is 0 Å². The third-order valence-corrected chi connectivity index (χ3v) is 5.71. The Hall–Kier alpha value is -4.19. The van der Waals surface area contributed by atoms with Crippen molar-refractivity contribution in [2.45, 2.75) is 19.5 Å². The summed E-state index contributed by atoms with van der Waals surface area (Å²) in [5, 5.41) is 2.82. The van der Waals surface area contributed by atoms with Gasteiger partial charge < -0.3 is 5.32 Å². The summed E-state index contributed by atoms with van der Waals surface area (Å²) < 4.78 is 2.39. The SMILES string of the molecule is O=C(Cn1c(=O)ccn(Cc2ccccc2)c1=O)Nc1ccc2c(c1)Cc1ccccc1-2. The molecule has 0 bridgehead atoms. The van der Waals surface area contributed by atoms with Crippen LogP contribution in [0.2, 0.25) is 0 Å². The van der Waals surface area contributed by atoms with E-state index in [0.29, 0.717) is 12.2 Å². The van der Waals surface area contributed by atoms with Crippen LogP contribution in [0.5, 0.6) is 0 Å². The molecule has 1 aromatic heterocycles. The number of nitrogens with zero attached hydrogens (tertiary/aromatic N) is 2.